The quantitative estimate of drug-likeness (QED) is 0.771. The number of aromatic nitrogens is 4. The third-order valence-electron chi connectivity index (χ3n) is 4.21. The van der Waals surface area contributed by atoms with Crippen molar-refractivity contribution in [2.75, 3.05) is 32.7 Å². The van der Waals surface area contributed by atoms with Crippen LogP contribution in [-0.2, 0) is 13.1 Å². The fourth-order valence-electron chi connectivity index (χ4n) is 2.72. The van der Waals surface area contributed by atoms with Gasteiger partial charge in [-0.1, -0.05) is 10.3 Å². The van der Waals surface area contributed by atoms with Gasteiger partial charge in [0.15, 0.2) is 0 Å². The normalized spacial score (nSPS) is 16.8. The second-order valence-corrected chi connectivity index (χ2v) is 5.95. The number of hydrogen-bond donors (Lipinski definition) is 0. The van der Waals surface area contributed by atoms with Crippen LogP contribution in [0.2, 0.25) is 0 Å². The van der Waals surface area contributed by atoms with Gasteiger partial charge in [0.05, 0.1) is 12.2 Å². The van der Waals surface area contributed by atoms with Crippen LogP contribution in [0, 0.1) is 13.8 Å². The van der Waals surface area contributed by atoms with Gasteiger partial charge in [-0.15, -0.1) is 0 Å². The molecule has 0 bridgehead atoms. The Bertz CT molecular complexity index is 702. The smallest absolute Gasteiger partial charge is 0.266 e. The lowest BCUT2D eigenvalue weighted by molar-refractivity contribution is 0.120. The number of aryl methyl sites for hydroxylation is 2. The Morgan fingerprint density at radius 2 is 1.78 bits per heavy atom. The standard InChI is InChI=1S/C15H22N6O2/c1-12-3-4-15(22)21(16-12)10-9-19-5-7-20(8-6-19)11-14-13(2)17-23-18-14/h3-4H,5-11H2,1-2H3. The van der Waals surface area contributed by atoms with Crippen molar-refractivity contribution in [2.24, 2.45) is 0 Å². The first kappa shape index (κ1) is 15.8. The fraction of sp³-hybridized carbons (Fsp3) is 0.600. The summed E-state index contributed by atoms with van der Waals surface area (Å²) in [6, 6.07) is 3.33. The molecule has 0 unspecified atom stereocenters. The molecule has 0 saturated carbocycles. The van der Waals surface area contributed by atoms with Crippen molar-refractivity contribution in [2.45, 2.75) is 26.9 Å². The summed E-state index contributed by atoms with van der Waals surface area (Å²) in [5, 5.41) is 12.0. The highest BCUT2D eigenvalue weighted by Crippen LogP contribution is 2.09. The summed E-state index contributed by atoms with van der Waals surface area (Å²) in [6.45, 7) is 9.97. The van der Waals surface area contributed by atoms with Gasteiger partial charge in [0.25, 0.3) is 5.56 Å². The second kappa shape index (κ2) is 7.01. The maximum absolute atomic E-state index is 11.8. The van der Waals surface area contributed by atoms with Gasteiger partial charge in [0, 0.05) is 45.3 Å². The topological polar surface area (TPSA) is 80.3 Å². The van der Waals surface area contributed by atoms with Crippen molar-refractivity contribution in [3.05, 3.63) is 39.6 Å². The van der Waals surface area contributed by atoms with Crippen molar-refractivity contribution in [1.29, 1.82) is 0 Å². The predicted molar refractivity (Wildman–Crippen MR) is 84.0 cm³/mol. The van der Waals surface area contributed by atoms with Crippen LogP contribution in [0.3, 0.4) is 0 Å². The first-order valence-electron chi connectivity index (χ1n) is 7.89. The molecular formula is C15H22N6O2. The largest absolute Gasteiger partial charge is 0.299 e. The minimum Gasteiger partial charge on any atom is -0.299 e. The summed E-state index contributed by atoms with van der Waals surface area (Å²) < 4.78 is 6.29. The molecule has 0 spiro atoms. The van der Waals surface area contributed by atoms with Crippen molar-refractivity contribution >= 4 is 0 Å². The molecule has 8 heteroatoms. The highest BCUT2D eigenvalue weighted by Gasteiger charge is 2.19. The summed E-state index contributed by atoms with van der Waals surface area (Å²) in [7, 11) is 0. The van der Waals surface area contributed by atoms with E-state index in [1.807, 2.05) is 13.8 Å². The molecule has 1 saturated heterocycles. The molecule has 0 amide bonds. The Labute approximate surface area is 134 Å². The monoisotopic (exact) mass is 318 g/mol. The molecule has 0 radical (unpaired) electrons. The number of hydrogen-bond acceptors (Lipinski definition) is 7. The molecule has 0 N–H and O–H groups in total. The molecule has 0 atom stereocenters. The number of rotatable bonds is 5. The molecule has 23 heavy (non-hydrogen) atoms. The molecule has 3 rings (SSSR count). The van der Waals surface area contributed by atoms with E-state index in [0.717, 1.165) is 56.4 Å². The van der Waals surface area contributed by atoms with Gasteiger partial charge in [-0.3, -0.25) is 14.6 Å². The average Bonchev–Trinajstić information content (AvgIpc) is 2.95. The Balaban J connectivity index is 1.47. The maximum atomic E-state index is 11.8. The van der Waals surface area contributed by atoms with Gasteiger partial charge in [0.1, 0.15) is 11.4 Å². The predicted octanol–water partition coefficient (Wildman–Crippen LogP) is 0.0609. The Kier molecular flexibility index (Phi) is 4.82. The van der Waals surface area contributed by atoms with Crippen LogP contribution in [0.4, 0.5) is 0 Å². The van der Waals surface area contributed by atoms with Crippen LogP contribution in [0.5, 0.6) is 0 Å². The molecule has 1 aliphatic rings. The summed E-state index contributed by atoms with van der Waals surface area (Å²) in [4.78, 5) is 16.5. The molecular weight excluding hydrogens is 296 g/mol. The first-order valence-corrected chi connectivity index (χ1v) is 7.89. The van der Waals surface area contributed by atoms with Crippen LogP contribution in [-0.4, -0.2) is 62.6 Å². The Hall–Kier alpha value is -2.06. The fourth-order valence-corrected chi connectivity index (χ4v) is 2.72. The molecule has 1 fully saturated rings. The van der Waals surface area contributed by atoms with Crippen molar-refractivity contribution in [3.8, 4) is 0 Å². The van der Waals surface area contributed by atoms with Crippen LogP contribution in [0.1, 0.15) is 17.1 Å². The molecule has 0 aromatic carbocycles. The van der Waals surface area contributed by atoms with E-state index >= 15 is 0 Å². The molecule has 0 aliphatic carbocycles. The van der Waals surface area contributed by atoms with Gasteiger partial charge in [-0.2, -0.15) is 5.10 Å². The molecule has 3 heterocycles. The zero-order valence-corrected chi connectivity index (χ0v) is 13.6. The van der Waals surface area contributed by atoms with Gasteiger partial charge < -0.3 is 0 Å². The number of piperazine rings is 1. The average molecular weight is 318 g/mol. The van der Waals surface area contributed by atoms with Crippen LogP contribution in [0.15, 0.2) is 21.6 Å². The minimum atomic E-state index is -0.0387. The van der Waals surface area contributed by atoms with Gasteiger partial charge >= 0.3 is 0 Å². The van der Waals surface area contributed by atoms with E-state index in [9.17, 15) is 4.79 Å². The van der Waals surface area contributed by atoms with E-state index in [2.05, 4.69) is 25.2 Å². The molecule has 8 nitrogen and oxygen atoms in total. The van der Waals surface area contributed by atoms with Gasteiger partial charge in [-0.25, -0.2) is 9.31 Å². The molecule has 124 valence electrons. The third kappa shape index (κ3) is 4.02. The van der Waals surface area contributed by atoms with Crippen molar-refractivity contribution < 1.29 is 4.63 Å². The summed E-state index contributed by atoms with van der Waals surface area (Å²) in [6.07, 6.45) is 0. The van der Waals surface area contributed by atoms with Crippen molar-refractivity contribution in [3.63, 3.8) is 0 Å². The van der Waals surface area contributed by atoms with Crippen molar-refractivity contribution in [1.82, 2.24) is 29.9 Å². The molecule has 2 aromatic heterocycles. The Morgan fingerprint density at radius 3 is 2.48 bits per heavy atom. The van der Waals surface area contributed by atoms with E-state index in [1.165, 1.54) is 0 Å². The summed E-state index contributed by atoms with van der Waals surface area (Å²) >= 11 is 0. The minimum absolute atomic E-state index is 0.0387. The maximum Gasteiger partial charge on any atom is 0.266 e. The van der Waals surface area contributed by atoms with E-state index < -0.39 is 0 Å². The van der Waals surface area contributed by atoms with Crippen LogP contribution >= 0.6 is 0 Å². The number of nitrogens with zero attached hydrogens (tertiary/aromatic N) is 6. The van der Waals surface area contributed by atoms with E-state index in [0.29, 0.717) is 6.54 Å². The lowest BCUT2D eigenvalue weighted by Crippen LogP contribution is -2.47. The van der Waals surface area contributed by atoms with Gasteiger partial charge in [-0.05, 0) is 19.9 Å². The highest BCUT2D eigenvalue weighted by atomic mass is 16.6. The lowest BCUT2D eigenvalue weighted by atomic mass is 10.2. The highest BCUT2D eigenvalue weighted by molar-refractivity contribution is 5.04. The van der Waals surface area contributed by atoms with Gasteiger partial charge in [0.2, 0.25) is 0 Å². The molecule has 2 aromatic rings. The van der Waals surface area contributed by atoms with E-state index in [4.69, 9.17) is 4.63 Å². The Morgan fingerprint density at radius 1 is 1.04 bits per heavy atom. The second-order valence-electron chi connectivity index (χ2n) is 5.95. The first-order chi connectivity index (χ1) is 11.1. The summed E-state index contributed by atoms with van der Waals surface area (Å²) in [5.41, 5.74) is 2.60. The zero-order chi connectivity index (χ0) is 16.2. The molecule has 1 aliphatic heterocycles. The lowest BCUT2D eigenvalue weighted by Gasteiger charge is -2.34. The van der Waals surface area contributed by atoms with Crippen LogP contribution in [0.25, 0.3) is 0 Å². The summed E-state index contributed by atoms with van der Waals surface area (Å²) in [5.74, 6) is 0. The van der Waals surface area contributed by atoms with E-state index in [-0.39, 0.29) is 5.56 Å². The zero-order valence-electron chi connectivity index (χ0n) is 13.6. The van der Waals surface area contributed by atoms with Crippen LogP contribution < -0.4 is 5.56 Å². The third-order valence-corrected chi connectivity index (χ3v) is 4.21. The SMILES string of the molecule is Cc1ccc(=O)n(CCN2CCN(Cc3nonc3C)CC2)n1. The van der Waals surface area contributed by atoms with E-state index in [1.54, 1.807) is 16.8 Å².